The summed E-state index contributed by atoms with van der Waals surface area (Å²) in [6, 6.07) is 4.15. The molecule has 1 aromatic rings. The van der Waals surface area contributed by atoms with E-state index in [0.29, 0.717) is 18.8 Å². The predicted molar refractivity (Wildman–Crippen MR) is 62.0 cm³/mol. The van der Waals surface area contributed by atoms with Crippen LogP contribution in [0.25, 0.3) is 0 Å². The second-order valence-corrected chi connectivity index (χ2v) is 3.71. The number of nitrogens with zero attached hydrogens (tertiary/aromatic N) is 3. The number of anilines is 1. The number of aryl methyl sites for hydroxylation is 1. The summed E-state index contributed by atoms with van der Waals surface area (Å²) in [7, 11) is 1.94. The normalized spacial score (nSPS) is 9.73. The summed E-state index contributed by atoms with van der Waals surface area (Å²) in [6.07, 6.45) is 2.28. The monoisotopic (exact) mass is 223 g/mol. The van der Waals surface area contributed by atoms with Crippen molar-refractivity contribution in [2.45, 2.75) is 19.2 Å². The maximum Gasteiger partial charge on any atom is 0.131 e. The third-order valence-corrected chi connectivity index (χ3v) is 2.49. The standard InChI is InChI=1S/C11H14ClN3/c1-9-6-10(7-12)8-14-11(9)15(2)5-3-4-13/h6,8H,3,5,7H2,1-2H3. The lowest BCUT2D eigenvalue weighted by Gasteiger charge is -2.18. The summed E-state index contributed by atoms with van der Waals surface area (Å²) in [5, 5.41) is 8.50. The van der Waals surface area contributed by atoms with Crippen molar-refractivity contribution < 1.29 is 0 Å². The summed E-state index contributed by atoms with van der Waals surface area (Å²) in [6.45, 7) is 2.70. The van der Waals surface area contributed by atoms with Gasteiger partial charge in [0.25, 0.3) is 0 Å². The molecule has 0 aliphatic heterocycles. The molecule has 0 aliphatic rings. The molecular formula is C11H14ClN3. The number of rotatable bonds is 4. The Morgan fingerprint density at radius 2 is 2.33 bits per heavy atom. The number of halogens is 1. The minimum absolute atomic E-state index is 0.482. The van der Waals surface area contributed by atoms with Crippen LogP contribution in [0.2, 0.25) is 0 Å². The maximum atomic E-state index is 8.50. The molecule has 4 heteroatoms. The van der Waals surface area contributed by atoms with E-state index in [1.165, 1.54) is 0 Å². The molecule has 0 fully saturated rings. The van der Waals surface area contributed by atoms with Gasteiger partial charge in [0.1, 0.15) is 5.82 Å². The first kappa shape index (κ1) is 11.8. The second kappa shape index (κ2) is 5.57. The van der Waals surface area contributed by atoms with Crippen molar-refractivity contribution in [1.29, 1.82) is 5.26 Å². The van der Waals surface area contributed by atoms with Crippen LogP contribution in [-0.4, -0.2) is 18.6 Å². The first-order chi connectivity index (χ1) is 7.19. The van der Waals surface area contributed by atoms with Crippen molar-refractivity contribution in [3.05, 3.63) is 23.4 Å². The van der Waals surface area contributed by atoms with E-state index in [9.17, 15) is 0 Å². The van der Waals surface area contributed by atoms with Crippen LogP contribution in [0.5, 0.6) is 0 Å². The Balaban J connectivity index is 2.81. The molecule has 0 bridgehead atoms. The van der Waals surface area contributed by atoms with E-state index in [1.807, 2.05) is 24.9 Å². The number of pyridine rings is 1. The van der Waals surface area contributed by atoms with Gasteiger partial charge in [0.2, 0.25) is 0 Å². The van der Waals surface area contributed by atoms with Gasteiger partial charge in [-0.25, -0.2) is 4.98 Å². The fourth-order valence-corrected chi connectivity index (χ4v) is 1.57. The summed E-state index contributed by atoms with van der Waals surface area (Å²) >= 11 is 5.72. The average molecular weight is 224 g/mol. The molecule has 0 amide bonds. The molecule has 1 aromatic heterocycles. The van der Waals surface area contributed by atoms with Gasteiger partial charge in [0.15, 0.2) is 0 Å². The molecule has 0 saturated heterocycles. The molecule has 0 atom stereocenters. The van der Waals surface area contributed by atoms with Crippen LogP contribution >= 0.6 is 11.6 Å². The Kier molecular flexibility index (Phi) is 4.38. The maximum absolute atomic E-state index is 8.50. The fraction of sp³-hybridized carbons (Fsp3) is 0.455. The quantitative estimate of drug-likeness (QED) is 0.737. The molecule has 80 valence electrons. The zero-order valence-corrected chi connectivity index (χ0v) is 9.75. The van der Waals surface area contributed by atoms with Crippen LogP contribution in [0.15, 0.2) is 12.3 Å². The van der Waals surface area contributed by atoms with Gasteiger partial charge >= 0.3 is 0 Å². The summed E-state index contributed by atoms with van der Waals surface area (Å²) in [4.78, 5) is 6.32. The van der Waals surface area contributed by atoms with E-state index in [4.69, 9.17) is 16.9 Å². The van der Waals surface area contributed by atoms with Crippen molar-refractivity contribution in [2.75, 3.05) is 18.5 Å². The Labute approximate surface area is 95.3 Å². The largest absolute Gasteiger partial charge is 0.358 e. The van der Waals surface area contributed by atoms with Crippen molar-refractivity contribution in [1.82, 2.24) is 4.98 Å². The predicted octanol–water partition coefficient (Wildman–Crippen LogP) is 2.48. The summed E-state index contributed by atoms with van der Waals surface area (Å²) in [5.41, 5.74) is 2.11. The topological polar surface area (TPSA) is 39.9 Å². The highest BCUT2D eigenvalue weighted by Crippen LogP contribution is 2.17. The van der Waals surface area contributed by atoms with E-state index in [2.05, 4.69) is 11.1 Å². The Morgan fingerprint density at radius 3 is 2.87 bits per heavy atom. The van der Waals surface area contributed by atoms with Gasteiger partial charge in [-0.2, -0.15) is 5.26 Å². The first-order valence-electron chi connectivity index (χ1n) is 4.78. The lowest BCUT2D eigenvalue weighted by Crippen LogP contribution is -2.20. The van der Waals surface area contributed by atoms with Crippen LogP contribution in [0.3, 0.4) is 0 Å². The van der Waals surface area contributed by atoms with E-state index in [1.54, 1.807) is 6.20 Å². The number of nitriles is 1. The van der Waals surface area contributed by atoms with Crippen LogP contribution in [0.4, 0.5) is 5.82 Å². The zero-order valence-electron chi connectivity index (χ0n) is 9.00. The van der Waals surface area contributed by atoms with Crippen molar-refractivity contribution in [3.63, 3.8) is 0 Å². The highest BCUT2D eigenvalue weighted by molar-refractivity contribution is 6.17. The van der Waals surface area contributed by atoms with Crippen LogP contribution < -0.4 is 4.90 Å². The fourth-order valence-electron chi connectivity index (χ4n) is 1.42. The number of aromatic nitrogens is 1. The molecule has 0 saturated carbocycles. The summed E-state index contributed by atoms with van der Waals surface area (Å²) < 4.78 is 0. The molecule has 0 unspecified atom stereocenters. The Hall–Kier alpha value is -1.27. The Morgan fingerprint density at radius 1 is 1.60 bits per heavy atom. The highest BCUT2D eigenvalue weighted by atomic mass is 35.5. The zero-order chi connectivity index (χ0) is 11.3. The van der Waals surface area contributed by atoms with Gasteiger partial charge in [-0.3, -0.25) is 0 Å². The van der Waals surface area contributed by atoms with Gasteiger partial charge in [-0.1, -0.05) is 0 Å². The highest BCUT2D eigenvalue weighted by Gasteiger charge is 2.06. The lowest BCUT2D eigenvalue weighted by molar-refractivity contribution is 0.877. The smallest absolute Gasteiger partial charge is 0.131 e. The molecule has 0 spiro atoms. The lowest BCUT2D eigenvalue weighted by atomic mass is 10.2. The molecule has 1 rings (SSSR count). The van der Waals surface area contributed by atoms with Gasteiger partial charge < -0.3 is 4.90 Å². The third-order valence-electron chi connectivity index (χ3n) is 2.18. The van der Waals surface area contributed by atoms with Gasteiger partial charge in [-0.15, -0.1) is 11.6 Å². The average Bonchev–Trinajstić information content (AvgIpc) is 2.25. The number of alkyl halides is 1. The van der Waals surface area contributed by atoms with E-state index in [-0.39, 0.29) is 0 Å². The first-order valence-corrected chi connectivity index (χ1v) is 5.32. The second-order valence-electron chi connectivity index (χ2n) is 3.45. The SMILES string of the molecule is Cc1cc(CCl)cnc1N(C)CCC#N. The molecule has 0 aromatic carbocycles. The molecule has 0 N–H and O–H groups in total. The molecular weight excluding hydrogens is 210 g/mol. The molecule has 0 aliphatic carbocycles. The molecule has 3 nitrogen and oxygen atoms in total. The molecule has 0 radical (unpaired) electrons. The van der Waals surface area contributed by atoms with E-state index in [0.717, 1.165) is 16.9 Å². The van der Waals surface area contributed by atoms with Crippen molar-refractivity contribution in [3.8, 4) is 6.07 Å². The van der Waals surface area contributed by atoms with E-state index < -0.39 is 0 Å². The van der Waals surface area contributed by atoms with Crippen LogP contribution in [0, 0.1) is 18.3 Å². The minimum atomic E-state index is 0.482. The molecule has 1 heterocycles. The minimum Gasteiger partial charge on any atom is -0.358 e. The number of hydrogen-bond donors (Lipinski definition) is 0. The summed E-state index contributed by atoms with van der Waals surface area (Å²) in [5.74, 6) is 1.40. The van der Waals surface area contributed by atoms with Gasteiger partial charge in [0.05, 0.1) is 12.5 Å². The van der Waals surface area contributed by atoms with Gasteiger partial charge in [0, 0.05) is 25.7 Å². The Bertz CT molecular complexity index is 371. The number of hydrogen-bond acceptors (Lipinski definition) is 3. The third kappa shape index (κ3) is 3.10. The van der Waals surface area contributed by atoms with Gasteiger partial charge in [-0.05, 0) is 24.1 Å². The van der Waals surface area contributed by atoms with Crippen LogP contribution in [-0.2, 0) is 5.88 Å². The van der Waals surface area contributed by atoms with Crippen LogP contribution in [0.1, 0.15) is 17.5 Å². The van der Waals surface area contributed by atoms with Crippen molar-refractivity contribution >= 4 is 17.4 Å². The molecule has 15 heavy (non-hydrogen) atoms. The van der Waals surface area contributed by atoms with Crippen molar-refractivity contribution in [2.24, 2.45) is 0 Å². The van der Waals surface area contributed by atoms with E-state index >= 15 is 0 Å².